The molecule has 0 saturated heterocycles. The molecule has 0 heterocycles. The highest BCUT2D eigenvalue weighted by molar-refractivity contribution is 5.83. The van der Waals surface area contributed by atoms with E-state index in [0.29, 0.717) is 13.1 Å². The largest absolute Gasteiger partial charge is 0.351 e. The van der Waals surface area contributed by atoms with Crippen LogP contribution in [0, 0.1) is 12.3 Å². The molecule has 0 aromatic heterocycles. The molecule has 0 spiro atoms. The quantitative estimate of drug-likeness (QED) is 0.855. The monoisotopic (exact) mass is 246 g/mol. The minimum Gasteiger partial charge on any atom is -0.351 e. The average Bonchev–Trinajstić information content (AvgIpc) is 2.87. The molecule has 1 fully saturated rings. The summed E-state index contributed by atoms with van der Waals surface area (Å²) in [5, 5.41) is 3.05. The third-order valence-electron chi connectivity index (χ3n) is 4.13. The van der Waals surface area contributed by atoms with Gasteiger partial charge in [0.1, 0.15) is 0 Å². The Hall–Kier alpha value is -1.35. The molecule has 1 amide bonds. The van der Waals surface area contributed by atoms with Gasteiger partial charge in [0.05, 0.1) is 5.41 Å². The van der Waals surface area contributed by atoms with Gasteiger partial charge >= 0.3 is 0 Å². The van der Waals surface area contributed by atoms with E-state index in [4.69, 9.17) is 5.73 Å². The fourth-order valence-corrected chi connectivity index (χ4v) is 2.75. The van der Waals surface area contributed by atoms with Crippen molar-refractivity contribution in [2.75, 3.05) is 6.54 Å². The molecule has 2 rings (SSSR count). The van der Waals surface area contributed by atoms with E-state index in [0.717, 1.165) is 25.7 Å². The van der Waals surface area contributed by atoms with Gasteiger partial charge in [0.25, 0.3) is 0 Å². The van der Waals surface area contributed by atoms with Crippen LogP contribution in [-0.2, 0) is 11.3 Å². The second kappa shape index (κ2) is 5.53. The van der Waals surface area contributed by atoms with Crippen molar-refractivity contribution in [2.45, 2.75) is 39.2 Å². The molecule has 1 aromatic rings. The normalized spacial score (nSPS) is 17.7. The van der Waals surface area contributed by atoms with Crippen LogP contribution in [-0.4, -0.2) is 12.5 Å². The highest BCUT2D eigenvalue weighted by atomic mass is 16.2. The molecule has 1 aliphatic rings. The summed E-state index contributed by atoms with van der Waals surface area (Å²) >= 11 is 0. The van der Waals surface area contributed by atoms with Gasteiger partial charge in [-0.1, -0.05) is 37.1 Å². The minimum absolute atomic E-state index is 0.130. The van der Waals surface area contributed by atoms with Crippen LogP contribution < -0.4 is 11.1 Å². The topological polar surface area (TPSA) is 55.1 Å². The first-order valence-electron chi connectivity index (χ1n) is 6.71. The number of aryl methyl sites for hydroxylation is 1. The molecule has 3 nitrogen and oxygen atoms in total. The molecular weight excluding hydrogens is 224 g/mol. The molecule has 1 saturated carbocycles. The van der Waals surface area contributed by atoms with Crippen LogP contribution >= 0.6 is 0 Å². The van der Waals surface area contributed by atoms with Crippen molar-refractivity contribution in [2.24, 2.45) is 11.1 Å². The SMILES string of the molecule is Cc1ccccc1CNC(=O)C1(CN)CCCC1. The maximum Gasteiger partial charge on any atom is 0.227 e. The molecular formula is C15H22N2O. The molecule has 0 atom stereocenters. The molecule has 1 aliphatic carbocycles. The molecule has 18 heavy (non-hydrogen) atoms. The molecule has 0 radical (unpaired) electrons. The summed E-state index contributed by atoms with van der Waals surface area (Å²) < 4.78 is 0. The fraction of sp³-hybridized carbons (Fsp3) is 0.533. The van der Waals surface area contributed by atoms with Gasteiger partial charge in [-0.15, -0.1) is 0 Å². The van der Waals surface area contributed by atoms with E-state index >= 15 is 0 Å². The van der Waals surface area contributed by atoms with E-state index in [1.54, 1.807) is 0 Å². The number of carbonyl (C=O) groups excluding carboxylic acids is 1. The number of nitrogens with one attached hydrogen (secondary N) is 1. The van der Waals surface area contributed by atoms with Crippen molar-refractivity contribution in [3.05, 3.63) is 35.4 Å². The van der Waals surface area contributed by atoms with E-state index in [2.05, 4.69) is 24.4 Å². The van der Waals surface area contributed by atoms with Gasteiger partial charge in [0.15, 0.2) is 0 Å². The standard InChI is InChI=1S/C15H22N2O/c1-12-6-2-3-7-13(12)10-17-14(18)15(11-16)8-4-5-9-15/h2-3,6-7H,4-5,8-11,16H2,1H3,(H,17,18). The first kappa shape index (κ1) is 13.1. The van der Waals surface area contributed by atoms with Crippen LogP contribution in [0.25, 0.3) is 0 Å². The average molecular weight is 246 g/mol. The molecule has 0 unspecified atom stereocenters. The third kappa shape index (κ3) is 2.56. The van der Waals surface area contributed by atoms with Crippen molar-refractivity contribution >= 4 is 5.91 Å². The van der Waals surface area contributed by atoms with Crippen LogP contribution in [0.5, 0.6) is 0 Å². The zero-order valence-electron chi connectivity index (χ0n) is 11.0. The Morgan fingerprint density at radius 3 is 2.61 bits per heavy atom. The number of nitrogens with two attached hydrogens (primary N) is 1. The van der Waals surface area contributed by atoms with E-state index in [9.17, 15) is 4.79 Å². The summed E-state index contributed by atoms with van der Waals surface area (Å²) in [6.07, 6.45) is 4.11. The zero-order valence-corrected chi connectivity index (χ0v) is 11.0. The first-order chi connectivity index (χ1) is 8.68. The van der Waals surface area contributed by atoms with E-state index in [1.165, 1.54) is 11.1 Å². The van der Waals surface area contributed by atoms with E-state index < -0.39 is 0 Å². The summed E-state index contributed by atoms with van der Waals surface area (Å²) in [4.78, 5) is 12.3. The Kier molecular flexibility index (Phi) is 4.02. The lowest BCUT2D eigenvalue weighted by Crippen LogP contribution is -2.43. The van der Waals surface area contributed by atoms with Crippen LogP contribution in [0.1, 0.15) is 36.8 Å². The first-order valence-corrected chi connectivity index (χ1v) is 6.71. The second-order valence-electron chi connectivity index (χ2n) is 5.30. The molecule has 98 valence electrons. The molecule has 1 aromatic carbocycles. The summed E-state index contributed by atoms with van der Waals surface area (Å²) in [7, 11) is 0. The van der Waals surface area contributed by atoms with Gasteiger partial charge in [0, 0.05) is 13.1 Å². The maximum absolute atomic E-state index is 12.3. The number of hydrogen-bond acceptors (Lipinski definition) is 2. The molecule has 3 N–H and O–H groups in total. The molecule has 3 heteroatoms. The van der Waals surface area contributed by atoms with Crippen molar-refractivity contribution in [1.82, 2.24) is 5.32 Å². The van der Waals surface area contributed by atoms with Crippen LogP contribution in [0.2, 0.25) is 0 Å². The summed E-state index contributed by atoms with van der Waals surface area (Å²) in [5.41, 5.74) is 7.90. The third-order valence-corrected chi connectivity index (χ3v) is 4.13. The summed E-state index contributed by atoms with van der Waals surface area (Å²) in [6, 6.07) is 8.14. The lowest BCUT2D eigenvalue weighted by atomic mass is 9.85. The number of amides is 1. The Morgan fingerprint density at radius 1 is 1.33 bits per heavy atom. The maximum atomic E-state index is 12.3. The zero-order chi connectivity index (χ0) is 13.0. The molecule has 0 aliphatic heterocycles. The predicted octanol–water partition coefficient (Wildman–Crippen LogP) is 2.13. The van der Waals surface area contributed by atoms with E-state index in [1.807, 2.05) is 12.1 Å². The lowest BCUT2D eigenvalue weighted by molar-refractivity contribution is -0.130. The smallest absolute Gasteiger partial charge is 0.227 e. The highest BCUT2D eigenvalue weighted by Crippen LogP contribution is 2.37. The fourth-order valence-electron chi connectivity index (χ4n) is 2.75. The minimum atomic E-state index is -0.303. The number of hydrogen-bond donors (Lipinski definition) is 2. The van der Waals surface area contributed by atoms with Gasteiger partial charge in [-0.2, -0.15) is 0 Å². The van der Waals surface area contributed by atoms with Crippen LogP contribution in [0.15, 0.2) is 24.3 Å². The summed E-state index contributed by atoms with van der Waals surface area (Å²) in [5.74, 6) is 0.130. The van der Waals surface area contributed by atoms with Crippen molar-refractivity contribution in [3.63, 3.8) is 0 Å². The Balaban J connectivity index is 1.98. The highest BCUT2D eigenvalue weighted by Gasteiger charge is 2.39. The Bertz CT molecular complexity index is 422. The van der Waals surface area contributed by atoms with Gasteiger partial charge in [-0.3, -0.25) is 4.79 Å². The van der Waals surface area contributed by atoms with Crippen molar-refractivity contribution < 1.29 is 4.79 Å². The van der Waals surface area contributed by atoms with E-state index in [-0.39, 0.29) is 11.3 Å². The van der Waals surface area contributed by atoms with Crippen LogP contribution in [0.3, 0.4) is 0 Å². The van der Waals surface area contributed by atoms with Gasteiger partial charge in [0.2, 0.25) is 5.91 Å². The van der Waals surface area contributed by atoms with Crippen molar-refractivity contribution in [1.29, 1.82) is 0 Å². The Morgan fingerprint density at radius 2 is 2.00 bits per heavy atom. The molecule has 0 bridgehead atoms. The summed E-state index contributed by atoms with van der Waals surface area (Å²) in [6.45, 7) is 3.13. The van der Waals surface area contributed by atoms with Gasteiger partial charge < -0.3 is 11.1 Å². The van der Waals surface area contributed by atoms with Gasteiger partial charge in [-0.05, 0) is 30.9 Å². The lowest BCUT2D eigenvalue weighted by Gasteiger charge is -2.25. The predicted molar refractivity (Wildman–Crippen MR) is 73.0 cm³/mol. The van der Waals surface area contributed by atoms with Crippen molar-refractivity contribution in [3.8, 4) is 0 Å². The number of rotatable bonds is 4. The number of benzene rings is 1. The van der Waals surface area contributed by atoms with Gasteiger partial charge in [-0.25, -0.2) is 0 Å². The van der Waals surface area contributed by atoms with Crippen LogP contribution in [0.4, 0.5) is 0 Å². The number of carbonyl (C=O) groups is 1. The second-order valence-corrected chi connectivity index (χ2v) is 5.30. The Labute approximate surface area is 109 Å².